The lowest BCUT2D eigenvalue weighted by Gasteiger charge is -2.44. The summed E-state index contributed by atoms with van der Waals surface area (Å²) in [7, 11) is 0. The lowest BCUT2D eigenvalue weighted by Crippen LogP contribution is -2.49. The van der Waals surface area contributed by atoms with Gasteiger partial charge in [-0.15, -0.1) is 0 Å². The third kappa shape index (κ3) is 2.56. The lowest BCUT2D eigenvalue weighted by atomic mass is 9.62. The van der Waals surface area contributed by atoms with Crippen molar-refractivity contribution in [3.05, 3.63) is 24.3 Å². The highest BCUT2D eigenvalue weighted by atomic mass is 14.7. The second kappa shape index (κ2) is 6.06. The van der Waals surface area contributed by atoms with Crippen LogP contribution in [0.5, 0.6) is 0 Å². The van der Waals surface area contributed by atoms with E-state index in [1.165, 1.54) is 38.5 Å². The minimum absolute atomic E-state index is 0.166. The Morgan fingerprint density at radius 2 is 2.11 bits per heavy atom. The highest BCUT2D eigenvalue weighted by Gasteiger charge is 2.42. The maximum Gasteiger partial charge on any atom is 0.0165 e. The Morgan fingerprint density at radius 3 is 2.67 bits per heavy atom. The SMILES string of the molecule is CCCC(C)C1(C(N)C2CCCC2)C=CC=[C]C1. The molecule has 0 aromatic heterocycles. The molecule has 0 heterocycles. The normalized spacial score (nSPS) is 31.7. The van der Waals surface area contributed by atoms with E-state index in [0.717, 1.165) is 12.3 Å². The van der Waals surface area contributed by atoms with Gasteiger partial charge in [-0.1, -0.05) is 57.8 Å². The molecule has 0 saturated heterocycles. The number of allylic oxidation sites excluding steroid dienone is 3. The van der Waals surface area contributed by atoms with E-state index in [2.05, 4.69) is 38.2 Å². The number of hydrogen-bond donors (Lipinski definition) is 1. The number of rotatable bonds is 5. The summed E-state index contributed by atoms with van der Waals surface area (Å²) in [6.07, 6.45) is 19.0. The zero-order valence-electron chi connectivity index (χ0n) is 12.0. The van der Waals surface area contributed by atoms with E-state index in [0.29, 0.717) is 12.0 Å². The molecule has 2 aliphatic rings. The average Bonchev–Trinajstić information content (AvgIpc) is 2.92. The molecule has 1 nitrogen and oxygen atoms in total. The van der Waals surface area contributed by atoms with Gasteiger partial charge in [-0.2, -0.15) is 0 Å². The zero-order chi connectivity index (χ0) is 13.0. The molecule has 3 atom stereocenters. The van der Waals surface area contributed by atoms with Crippen LogP contribution in [0.4, 0.5) is 0 Å². The summed E-state index contributed by atoms with van der Waals surface area (Å²) in [4.78, 5) is 0. The first-order valence-corrected chi connectivity index (χ1v) is 7.70. The molecule has 2 N–H and O–H groups in total. The van der Waals surface area contributed by atoms with Crippen LogP contribution >= 0.6 is 0 Å². The van der Waals surface area contributed by atoms with Crippen LogP contribution in [-0.2, 0) is 0 Å². The Labute approximate surface area is 113 Å². The van der Waals surface area contributed by atoms with Gasteiger partial charge in [0.1, 0.15) is 0 Å². The third-order valence-electron chi connectivity index (χ3n) is 5.20. The quantitative estimate of drug-likeness (QED) is 0.771. The summed E-state index contributed by atoms with van der Waals surface area (Å²) in [5.41, 5.74) is 6.88. The highest BCUT2D eigenvalue weighted by molar-refractivity contribution is 5.19. The van der Waals surface area contributed by atoms with Gasteiger partial charge in [-0.05, 0) is 37.2 Å². The largest absolute Gasteiger partial charge is 0.327 e. The average molecular weight is 246 g/mol. The van der Waals surface area contributed by atoms with Gasteiger partial charge in [0, 0.05) is 11.5 Å². The fourth-order valence-corrected chi connectivity index (χ4v) is 3.94. The fraction of sp³-hybridized carbons (Fsp3) is 0.765. The summed E-state index contributed by atoms with van der Waals surface area (Å²) in [6.45, 7) is 4.66. The van der Waals surface area contributed by atoms with Crippen LogP contribution in [0, 0.1) is 23.3 Å². The predicted molar refractivity (Wildman–Crippen MR) is 78.0 cm³/mol. The van der Waals surface area contributed by atoms with Crippen molar-refractivity contribution in [2.75, 3.05) is 0 Å². The standard InChI is InChI=1S/C17H28N/c1-3-9-14(2)17(12-7-4-8-13-17)16(18)15-10-5-6-11-15/h4,7,12,14-16H,3,5-6,9-11,13,18H2,1-2H3. The molecule has 3 unspecified atom stereocenters. The monoisotopic (exact) mass is 246 g/mol. The van der Waals surface area contributed by atoms with Crippen molar-refractivity contribution < 1.29 is 0 Å². The molecule has 1 saturated carbocycles. The van der Waals surface area contributed by atoms with Crippen LogP contribution in [0.15, 0.2) is 18.2 Å². The van der Waals surface area contributed by atoms with E-state index in [1.54, 1.807) is 0 Å². The molecule has 0 spiro atoms. The minimum Gasteiger partial charge on any atom is -0.327 e. The van der Waals surface area contributed by atoms with E-state index in [1.807, 2.05) is 0 Å². The van der Waals surface area contributed by atoms with E-state index in [-0.39, 0.29) is 5.41 Å². The fourth-order valence-electron chi connectivity index (χ4n) is 3.94. The minimum atomic E-state index is 0.166. The summed E-state index contributed by atoms with van der Waals surface area (Å²) in [6, 6.07) is 0.319. The Hall–Kier alpha value is -0.560. The van der Waals surface area contributed by atoms with E-state index >= 15 is 0 Å². The molecule has 1 fully saturated rings. The van der Waals surface area contributed by atoms with E-state index in [9.17, 15) is 0 Å². The van der Waals surface area contributed by atoms with Gasteiger partial charge in [0.25, 0.3) is 0 Å². The van der Waals surface area contributed by atoms with Crippen LogP contribution in [0.3, 0.4) is 0 Å². The first kappa shape index (κ1) is 13.9. The topological polar surface area (TPSA) is 26.0 Å². The highest BCUT2D eigenvalue weighted by Crippen LogP contribution is 2.46. The molecule has 1 radical (unpaired) electrons. The summed E-state index contributed by atoms with van der Waals surface area (Å²) < 4.78 is 0. The van der Waals surface area contributed by atoms with E-state index < -0.39 is 0 Å². The first-order chi connectivity index (χ1) is 8.70. The van der Waals surface area contributed by atoms with Crippen molar-refractivity contribution in [2.45, 2.75) is 64.8 Å². The molecule has 2 aliphatic carbocycles. The Kier molecular flexibility index (Phi) is 4.66. The molecule has 18 heavy (non-hydrogen) atoms. The molecule has 0 aromatic rings. The predicted octanol–water partition coefficient (Wildman–Crippen LogP) is 4.25. The van der Waals surface area contributed by atoms with E-state index in [4.69, 9.17) is 5.73 Å². The summed E-state index contributed by atoms with van der Waals surface area (Å²) in [5, 5.41) is 0. The van der Waals surface area contributed by atoms with Gasteiger partial charge < -0.3 is 5.73 Å². The molecule has 1 heteroatoms. The lowest BCUT2D eigenvalue weighted by molar-refractivity contribution is 0.140. The summed E-state index contributed by atoms with van der Waals surface area (Å²) in [5.74, 6) is 1.39. The van der Waals surface area contributed by atoms with Crippen LogP contribution in [0.2, 0.25) is 0 Å². The summed E-state index contributed by atoms with van der Waals surface area (Å²) >= 11 is 0. The van der Waals surface area contributed by atoms with Crippen molar-refractivity contribution in [3.63, 3.8) is 0 Å². The third-order valence-corrected chi connectivity index (χ3v) is 5.20. The van der Waals surface area contributed by atoms with Gasteiger partial charge in [0.15, 0.2) is 0 Å². The molecule has 0 aromatic carbocycles. The Balaban J connectivity index is 2.18. The van der Waals surface area contributed by atoms with Crippen LogP contribution < -0.4 is 5.73 Å². The van der Waals surface area contributed by atoms with Crippen molar-refractivity contribution in [3.8, 4) is 0 Å². The van der Waals surface area contributed by atoms with Gasteiger partial charge in [-0.3, -0.25) is 0 Å². The van der Waals surface area contributed by atoms with Gasteiger partial charge in [-0.25, -0.2) is 0 Å². The first-order valence-electron chi connectivity index (χ1n) is 7.70. The second-order valence-corrected chi connectivity index (χ2v) is 6.28. The van der Waals surface area contributed by atoms with Crippen LogP contribution in [0.1, 0.15) is 58.8 Å². The molecular formula is C17H28N. The van der Waals surface area contributed by atoms with Gasteiger partial charge in [0.05, 0.1) is 0 Å². The number of nitrogens with two attached hydrogens (primary N) is 1. The molecule has 0 bridgehead atoms. The number of hydrogen-bond acceptors (Lipinski definition) is 1. The zero-order valence-corrected chi connectivity index (χ0v) is 12.0. The van der Waals surface area contributed by atoms with Crippen molar-refractivity contribution in [1.82, 2.24) is 0 Å². The molecule has 2 rings (SSSR count). The Morgan fingerprint density at radius 1 is 1.39 bits per heavy atom. The van der Waals surface area contributed by atoms with Crippen molar-refractivity contribution in [2.24, 2.45) is 23.0 Å². The second-order valence-electron chi connectivity index (χ2n) is 6.28. The smallest absolute Gasteiger partial charge is 0.0165 e. The van der Waals surface area contributed by atoms with Gasteiger partial charge >= 0.3 is 0 Å². The van der Waals surface area contributed by atoms with Gasteiger partial charge in [0.2, 0.25) is 0 Å². The van der Waals surface area contributed by atoms with Crippen molar-refractivity contribution >= 4 is 0 Å². The maximum atomic E-state index is 6.71. The Bertz CT molecular complexity index is 312. The molecule has 101 valence electrons. The maximum absolute atomic E-state index is 6.71. The molecular weight excluding hydrogens is 218 g/mol. The molecule has 0 amide bonds. The molecule has 0 aliphatic heterocycles. The van der Waals surface area contributed by atoms with Crippen LogP contribution in [-0.4, -0.2) is 6.04 Å². The van der Waals surface area contributed by atoms with Crippen molar-refractivity contribution in [1.29, 1.82) is 0 Å². The van der Waals surface area contributed by atoms with Crippen LogP contribution in [0.25, 0.3) is 0 Å².